The Hall–Kier alpha value is -0.870. The van der Waals surface area contributed by atoms with Gasteiger partial charge < -0.3 is 9.55 Å². The van der Waals surface area contributed by atoms with E-state index in [9.17, 15) is 0 Å². The van der Waals surface area contributed by atoms with Crippen LogP contribution in [0.4, 0.5) is 0 Å². The van der Waals surface area contributed by atoms with Gasteiger partial charge in [0.25, 0.3) is 0 Å². The first-order valence-electron chi connectivity index (χ1n) is 4.50. The summed E-state index contributed by atoms with van der Waals surface area (Å²) in [5.41, 5.74) is 1.18. The maximum atomic E-state index is 5.24. The van der Waals surface area contributed by atoms with Gasteiger partial charge in [-0.3, -0.25) is 0 Å². The van der Waals surface area contributed by atoms with Gasteiger partial charge in [0, 0.05) is 16.8 Å². The van der Waals surface area contributed by atoms with E-state index in [1.54, 1.807) is 11.3 Å². The van der Waals surface area contributed by atoms with Crippen molar-refractivity contribution >= 4 is 23.6 Å². The molecule has 0 aliphatic heterocycles. The zero-order valence-corrected chi connectivity index (χ0v) is 9.78. The van der Waals surface area contributed by atoms with Crippen molar-refractivity contribution in [2.45, 2.75) is 19.9 Å². The lowest BCUT2D eigenvalue weighted by atomic mass is 10.2. The molecule has 14 heavy (non-hydrogen) atoms. The topological polar surface area (TPSA) is 20.7 Å². The summed E-state index contributed by atoms with van der Waals surface area (Å²) in [4.78, 5) is 4.40. The third-order valence-corrected chi connectivity index (χ3v) is 3.70. The summed E-state index contributed by atoms with van der Waals surface area (Å²) in [6.45, 7) is 4.23. The first-order chi connectivity index (χ1) is 6.70. The molecule has 1 atom stereocenters. The van der Waals surface area contributed by atoms with Crippen LogP contribution in [0.1, 0.15) is 23.5 Å². The molecule has 0 aromatic carbocycles. The van der Waals surface area contributed by atoms with E-state index in [0.29, 0.717) is 6.04 Å². The molecule has 0 fully saturated rings. The van der Waals surface area contributed by atoms with Gasteiger partial charge in [0.1, 0.15) is 0 Å². The summed E-state index contributed by atoms with van der Waals surface area (Å²) in [5, 5.41) is 2.09. The van der Waals surface area contributed by atoms with Crippen LogP contribution >= 0.6 is 23.6 Å². The first kappa shape index (κ1) is 9.68. The van der Waals surface area contributed by atoms with Crippen LogP contribution in [0.3, 0.4) is 0 Å². The molecular formula is C10H12N2S2. The second-order valence-electron chi connectivity index (χ2n) is 3.30. The van der Waals surface area contributed by atoms with Gasteiger partial charge in [-0.2, -0.15) is 0 Å². The molecule has 0 saturated carbocycles. The first-order valence-corrected chi connectivity index (χ1v) is 5.79. The number of hydrogen-bond acceptors (Lipinski definition) is 2. The van der Waals surface area contributed by atoms with E-state index in [-0.39, 0.29) is 0 Å². The minimum absolute atomic E-state index is 0.328. The molecule has 2 rings (SSSR count). The Bertz CT molecular complexity index is 465. The van der Waals surface area contributed by atoms with Crippen molar-refractivity contribution in [2.24, 2.45) is 0 Å². The van der Waals surface area contributed by atoms with Gasteiger partial charge in [0.2, 0.25) is 0 Å². The summed E-state index contributed by atoms with van der Waals surface area (Å²) < 4.78 is 2.93. The van der Waals surface area contributed by atoms with Crippen LogP contribution in [-0.4, -0.2) is 9.55 Å². The van der Waals surface area contributed by atoms with E-state index >= 15 is 0 Å². The summed E-state index contributed by atoms with van der Waals surface area (Å²) in [6, 6.07) is 4.54. The highest BCUT2D eigenvalue weighted by Crippen LogP contribution is 2.24. The molecular weight excluding hydrogens is 212 g/mol. The third-order valence-electron chi connectivity index (χ3n) is 2.35. The van der Waals surface area contributed by atoms with Crippen molar-refractivity contribution in [1.29, 1.82) is 0 Å². The fraction of sp³-hybridized carbons (Fsp3) is 0.300. The van der Waals surface area contributed by atoms with Gasteiger partial charge in [-0.25, -0.2) is 0 Å². The molecule has 74 valence electrons. The predicted octanol–water partition coefficient (Wildman–Crippen LogP) is 3.52. The van der Waals surface area contributed by atoms with Crippen LogP contribution in [0.2, 0.25) is 0 Å². The SMILES string of the molecule is Cc1c[nH]c(=S)n1C(C)c1cccs1. The zero-order valence-electron chi connectivity index (χ0n) is 8.15. The van der Waals surface area contributed by atoms with E-state index in [1.165, 1.54) is 10.6 Å². The van der Waals surface area contributed by atoms with E-state index in [4.69, 9.17) is 12.2 Å². The number of aromatic nitrogens is 2. The Morgan fingerprint density at radius 2 is 2.36 bits per heavy atom. The number of thiophene rings is 1. The molecule has 0 bridgehead atoms. The predicted molar refractivity (Wildman–Crippen MR) is 62.5 cm³/mol. The number of nitrogens with zero attached hydrogens (tertiary/aromatic N) is 1. The van der Waals surface area contributed by atoms with Crippen LogP contribution in [0.25, 0.3) is 0 Å². The van der Waals surface area contributed by atoms with E-state index in [0.717, 1.165) is 4.77 Å². The average molecular weight is 224 g/mol. The summed E-state index contributed by atoms with van der Waals surface area (Å²) in [6.07, 6.45) is 1.95. The fourth-order valence-corrected chi connectivity index (χ4v) is 2.74. The largest absolute Gasteiger partial charge is 0.337 e. The summed E-state index contributed by atoms with van der Waals surface area (Å²) in [5.74, 6) is 0. The second-order valence-corrected chi connectivity index (χ2v) is 4.66. The van der Waals surface area contributed by atoms with Crippen molar-refractivity contribution in [2.75, 3.05) is 0 Å². The van der Waals surface area contributed by atoms with Gasteiger partial charge in [0.15, 0.2) is 4.77 Å². The number of imidazole rings is 1. The Kier molecular flexibility index (Phi) is 2.56. The van der Waals surface area contributed by atoms with E-state index < -0.39 is 0 Å². The third kappa shape index (κ3) is 1.55. The quantitative estimate of drug-likeness (QED) is 0.774. The van der Waals surface area contributed by atoms with Crippen LogP contribution in [0.5, 0.6) is 0 Å². The van der Waals surface area contributed by atoms with Gasteiger partial charge >= 0.3 is 0 Å². The number of hydrogen-bond donors (Lipinski definition) is 1. The molecule has 1 N–H and O–H groups in total. The number of H-pyrrole nitrogens is 1. The van der Waals surface area contributed by atoms with Gasteiger partial charge in [-0.15, -0.1) is 11.3 Å². The summed E-state index contributed by atoms with van der Waals surface area (Å²) in [7, 11) is 0. The van der Waals surface area contributed by atoms with Crippen molar-refractivity contribution in [3.63, 3.8) is 0 Å². The highest BCUT2D eigenvalue weighted by molar-refractivity contribution is 7.71. The maximum absolute atomic E-state index is 5.24. The molecule has 0 saturated heterocycles. The molecule has 2 aromatic heterocycles. The smallest absolute Gasteiger partial charge is 0.177 e. The van der Waals surface area contributed by atoms with Crippen LogP contribution in [-0.2, 0) is 0 Å². The molecule has 2 heterocycles. The van der Waals surface area contributed by atoms with E-state index in [1.807, 2.05) is 6.20 Å². The Morgan fingerprint density at radius 1 is 1.57 bits per heavy atom. The van der Waals surface area contributed by atoms with Crippen molar-refractivity contribution < 1.29 is 0 Å². The number of aromatic amines is 1. The molecule has 1 unspecified atom stereocenters. The molecule has 0 amide bonds. The molecule has 0 aliphatic rings. The standard InChI is InChI=1S/C10H12N2S2/c1-7-6-11-10(13)12(7)8(2)9-4-3-5-14-9/h3-6,8H,1-2H3,(H,11,13). The number of nitrogens with one attached hydrogen (secondary N) is 1. The highest BCUT2D eigenvalue weighted by Gasteiger charge is 2.11. The fourth-order valence-electron chi connectivity index (χ4n) is 1.60. The average Bonchev–Trinajstić information content (AvgIpc) is 2.75. The van der Waals surface area contributed by atoms with Crippen LogP contribution in [0, 0.1) is 11.7 Å². The minimum Gasteiger partial charge on any atom is -0.337 e. The zero-order chi connectivity index (χ0) is 10.1. The summed E-state index contributed by atoms with van der Waals surface area (Å²) >= 11 is 7.00. The van der Waals surface area contributed by atoms with Crippen molar-refractivity contribution in [3.8, 4) is 0 Å². The normalized spacial score (nSPS) is 13.0. The van der Waals surface area contributed by atoms with E-state index in [2.05, 4.69) is 40.9 Å². The molecule has 0 aliphatic carbocycles. The molecule has 4 heteroatoms. The maximum Gasteiger partial charge on any atom is 0.177 e. The number of rotatable bonds is 2. The number of aryl methyl sites for hydroxylation is 1. The van der Waals surface area contributed by atoms with Crippen molar-refractivity contribution in [1.82, 2.24) is 9.55 Å². The molecule has 0 spiro atoms. The lowest BCUT2D eigenvalue weighted by molar-refractivity contribution is 0.624. The monoisotopic (exact) mass is 224 g/mol. The lowest BCUT2D eigenvalue weighted by Crippen LogP contribution is -2.06. The molecule has 2 aromatic rings. The minimum atomic E-state index is 0.328. The Labute approximate surface area is 92.2 Å². The Balaban J connectivity index is 2.46. The second kappa shape index (κ2) is 3.71. The van der Waals surface area contributed by atoms with Crippen LogP contribution < -0.4 is 0 Å². The van der Waals surface area contributed by atoms with Crippen molar-refractivity contribution in [3.05, 3.63) is 39.1 Å². The highest BCUT2D eigenvalue weighted by atomic mass is 32.1. The molecule has 0 radical (unpaired) electrons. The van der Waals surface area contributed by atoms with Gasteiger partial charge in [0.05, 0.1) is 6.04 Å². The van der Waals surface area contributed by atoms with Gasteiger partial charge in [-0.05, 0) is 37.5 Å². The Morgan fingerprint density at radius 3 is 2.86 bits per heavy atom. The molecule has 2 nitrogen and oxygen atoms in total. The van der Waals surface area contributed by atoms with Crippen LogP contribution in [0.15, 0.2) is 23.7 Å². The lowest BCUT2D eigenvalue weighted by Gasteiger charge is -2.13. The van der Waals surface area contributed by atoms with Gasteiger partial charge in [-0.1, -0.05) is 6.07 Å².